The van der Waals surface area contributed by atoms with Crippen LogP contribution in [-0.4, -0.2) is 35.9 Å². The second-order valence-electron chi connectivity index (χ2n) is 5.86. The average Bonchev–Trinajstić information content (AvgIpc) is 2.54. The molecule has 0 saturated heterocycles. The van der Waals surface area contributed by atoms with Crippen molar-refractivity contribution in [2.45, 2.75) is 51.2 Å². The number of rotatable bonds is 5. The summed E-state index contributed by atoms with van der Waals surface area (Å²) in [6, 6.07) is 7.01. The number of nitrogens with two attached hydrogens (primary N) is 1. The normalized spacial score (nSPS) is 16.8. The predicted molar refractivity (Wildman–Crippen MR) is 84.7 cm³/mol. The monoisotopic (exact) mass is 304 g/mol. The van der Waals surface area contributed by atoms with E-state index in [1.807, 2.05) is 7.05 Å². The van der Waals surface area contributed by atoms with Crippen molar-refractivity contribution in [3.05, 3.63) is 29.8 Å². The number of hydrogen-bond donors (Lipinski definition) is 1. The second kappa shape index (κ2) is 7.29. The molecule has 2 amide bonds. The molecule has 2 rings (SSSR count). The van der Waals surface area contributed by atoms with E-state index in [4.69, 9.17) is 10.5 Å². The third-order valence-electron chi connectivity index (χ3n) is 4.27. The van der Waals surface area contributed by atoms with Gasteiger partial charge in [-0.25, -0.2) is 0 Å². The maximum absolute atomic E-state index is 12.5. The molecule has 1 fully saturated rings. The molecule has 0 aromatic heterocycles. The number of benzene rings is 1. The molecule has 0 aliphatic heterocycles. The van der Waals surface area contributed by atoms with Crippen molar-refractivity contribution >= 4 is 11.8 Å². The number of amides is 2. The summed E-state index contributed by atoms with van der Waals surface area (Å²) in [5.74, 6) is -0.269. The SMILES string of the molecule is C[C@@H](Oc1ccccc1C(N)=O)C(=O)N(C)C1CCCCC1. The third kappa shape index (κ3) is 3.78. The molecule has 0 bridgehead atoms. The van der Waals surface area contributed by atoms with Crippen molar-refractivity contribution < 1.29 is 14.3 Å². The Bertz CT molecular complexity index is 538. The molecule has 0 heterocycles. The molecule has 1 aromatic carbocycles. The lowest BCUT2D eigenvalue weighted by Gasteiger charge is -2.33. The van der Waals surface area contributed by atoms with Gasteiger partial charge < -0.3 is 15.4 Å². The maximum Gasteiger partial charge on any atom is 0.263 e. The third-order valence-corrected chi connectivity index (χ3v) is 4.27. The molecular formula is C17H24N2O3. The Kier molecular flexibility index (Phi) is 5.41. The van der Waals surface area contributed by atoms with E-state index in [2.05, 4.69) is 0 Å². The molecule has 1 atom stereocenters. The number of hydrogen-bond acceptors (Lipinski definition) is 3. The Morgan fingerprint density at radius 3 is 2.50 bits per heavy atom. The molecular weight excluding hydrogens is 280 g/mol. The van der Waals surface area contributed by atoms with Crippen LogP contribution in [0.4, 0.5) is 0 Å². The lowest BCUT2D eigenvalue weighted by molar-refractivity contribution is -0.139. The van der Waals surface area contributed by atoms with E-state index in [0.29, 0.717) is 17.4 Å². The van der Waals surface area contributed by atoms with Crippen molar-refractivity contribution in [3.8, 4) is 5.75 Å². The molecule has 2 N–H and O–H groups in total. The number of ether oxygens (including phenoxy) is 1. The largest absolute Gasteiger partial charge is 0.480 e. The van der Waals surface area contributed by atoms with Crippen molar-refractivity contribution in [1.29, 1.82) is 0 Å². The van der Waals surface area contributed by atoms with Gasteiger partial charge in [-0.1, -0.05) is 31.4 Å². The topological polar surface area (TPSA) is 72.6 Å². The van der Waals surface area contributed by atoms with Crippen molar-refractivity contribution in [2.75, 3.05) is 7.05 Å². The van der Waals surface area contributed by atoms with Crippen molar-refractivity contribution in [2.24, 2.45) is 5.73 Å². The van der Waals surface area contributed by atoms with Crippen LogP contribution in [0.5, 0.6) is 5.75 Å². The second-order valence-corrected chi connectivity index (χ2v) is 5.86. The van der Waals surface area contributed by atoms with Crippen LogP contribution in [0.25, 0.3) is 0 Å². The van der Waals surface area contributed by atoms with E-state index in [-0.39, 0.29) is 5.91 Å². The summed E-state index contributed by atoms with van der Waals surface area (Å²) in [5, 5.41) is 0. The number of primary amides is 1. The number of para-hydroxylation sites is 1. The molecule has 120 valence electrons. The zero-order valence-electron chi connectivity index (χ0n) is 13.2. The first kappa shape index (κ1) is 16.3. The molecule has 0 spiro atoms. The van der Waals surface area contributed by atoms with Crippen LogP contribution >= 0.6 is 0 Å². The van der Waals surface area contributed by atoms with E-state index < -0.39 is 12.0 Å². The predicted octanol–water partition coefficient (Wildman–Crippen LogP) is 2.34. The van der Waals surface area contributed by atoms with Gasteiger partial charge in [-0.2, -0.15) is 0 Å². The van der Waals surface area contributed by atoms with Crippen molar-refractivity contribution in [1.82, 2.24) is 4.90 Å². The summed E-state index contributed by atoms with van der Waals surface area (Å²) < 4.78 is 5.69. The highest BCUT2D eigenvalue weighted by molar-refractivity contribution is 5.95. The molecule has 0 radical (unpaired) electrons. The number of carbonyl (C=O) groups excluding carboxylic acids is 2. The van der Waals surface area contributed by atoms with Gasteiger partial charge in [0.2, 0.25) is 0 Å². The fourth-order valence-corrected chi connectivity index (χ4v) is 2.95. The molecule has 0 unspecified atom stereocenters. The minimum atomic E-state index is -0.646. The number of nitrogens with zero attached hydrogens (tertiary/aromatic N) is 1. The Labute approximate surface area is 131 Å². The van der Waals surface area contributed by atoms with Crippen LogP contribution < -0.4 is 10.5 Å². The van der Waals surface area contributed by atoms with Gasteiger partial charge in [0.15, 0.2) is 6.10 Å². The fourth-order valence-electron chi connectivity index (χ4n) is 2.95. The molecule has 1 saturated carbocycles. The van der Waals surface area contributed by atoms with Crippen molar-refractivity contribution in [3.63, 3.8) is 0 Å². The molecule has 1 aliphatic carbocycles. The Morgan fingerprint density at radius 2 is 1.86 bits per heavy atom. The van der Waals surface area contributed by atoms with Crippen LogP contribution in [0.3, 0.4) is 0 Å². The minimum absolute atomic E-state index is 0.0637. The first-order chi connectivity index (χ1) is 10.5. The minimum Gasteiger partial charge on any atom is -0.480 e. The summed E-state index contributed by atoms with van der Waals surface area (Å²) >= 11 is 0. The summed E-state index contributed by atoms with van der Waals surface area (Å²) in [4.78, 5) is 25.7. The first-order valence-corrected chi connectivity index (χ1v) is 7.83. The van der Waals surface area contributed by atoms with Gasteiger partial charge in [0.25, 0.3) is 11.8 Å². The lowest BCUT2D eigenvalue weighted by atomic mass is 9.94. The van der Waals surface area contributed by atoms with Crippen LogP contribution in [0.2, 0.25) is 0 Å². The van der Waals surface area contributed by atoms with E-state index >= 15 is 0 Å². The highest BCUT2D eigenvalue weighted by atomic mass is 16.5. The zero-order valence-corrected chi connectivity index (χ0v) is 13.2. The van der Waals surface area contributed by atoms with Crippen LogP contribution in [-0.2, 0) is 4.79 Å². The van der Waals surface area contributed by atoms with Gasteiger partial charge in [-0.15, -0.1) is 0 Å². The van der Waals surface area contributed by atoms with Crippen LogP contribution in [0.15, 0.2) is 24.3 Å². The van der Waals surface area contributed by atoms with Gasteiger partial charge in [0.05, 0.1) is 5.56 Å². The number of likely N-dealkylation sites (N-methyl/N-ethyl adjacent to an activating group) is 1. The smallest absolute Gasteiger partial charge is 0.263 e. The lowest BCUT2D eigenvalue weighted by Crippen LogP contribution is -2.44. The summed E-state index contributed by atoms with van der Waals surface area (Å²) in [6.45, 7) is 1.71. The molecule has 1 aromatic rings. The van der Waals surface area contributed by atoms with Crippen LogP contribution in [0.1, 0.15) is 49.4 Å². The average molecular weight is 304 g/mol. The molecule has 22 heavy (non-hydrogen) atoms. The van der Waals surface area contributed by atoms with Gasteiger partial charge >= 0.3 is 0 Å². The van der Waals surface area contributed by atoms with E-state index in [0.717, 1.165) is 12.8 Å². The van der Waals surface area contributed by atoms with Gasteiger partial charge in [-0.3, -0.25) is 9.59 Å². The maximum atomic E-state index is 12.5. The standard InChI is InChI=1S/C17H24N2O3/c1-12(17(21)19(2)13-8-4-3-5-9-13)22-15-11-7-6-10-14(15)16(18)20/h6-7,10-13H,3-5,8-9H2,1-2H3,(H2,18,20)/t12-/m1/s1. The zero-order chi connectivity index (χ0) is 16.1. The Morgan fingerprint density at radius 1 is 1.23 bits per heavy atom. The Balaban J connectivity index is 2.03. The molecule has 5 heteroatoms. The number of carbonyl (C=O) groups is 2. The van der Waals surface area contributed by atoms with E-state index in [1.165, 1.54) is 19.3 Å². The summed E-state index contributed by atoms with van der Waals surface area (Å²) in [7, 11) is 1.83. The van der Waals surface area contributed by atoms with E-state index in [9.17, 15) is 9.59 Å². The van der Waals surface area contributed by atoms with Crippen LogP contribution in [0, 0.1) is 0 Å². The van der Waals surface area contributed by atoms with Gasteiger partial charge in [-0.05, 0) is 31.9 Å². The Hall–Kier alpha value is -2.04. The summed E-state index contributed by atoms with van der Waals surface area (Å²) in [5.41, 5.74) is 5.62. The highest BCUT2D eigenvalue weighted by Crippen LogP contribution is 2.23. The van der Waals surface area contributed by atoms with E-state index in [1.54, 1.807) is 36.1 Å². The first-order valence-electron chi connectivity index (χ1n) is 7.83. The highest BCUT2D eigenvalue weighted by Gasteiger charge is 2.27. The molecule has 1 aliphatic rings. The summed E-state index contributed by atoms with van der Waals surface area (Å²) in [6.07, 6.45) is 5.03. The quantitative estimate of drug-likeness (QED) is 0.907. The van der Waals surface area contributed by atoms with Gasteiger partial charge in [0, 0.05) is 13.1 Å². The van der Waals surface area contributed by atoms with Gasteiger partial charge in [0.1, 0.15) is 5.75 Å². The fraction of sp³-hybridized carbons (Fsp3) is 0.529. The molecule has 5 nitrogen and oxygen atoms in total.